The third-order valence-corrected chi connectivity index (χ3v) is 3.29. The van der Waals surface area contributed by atoms with Gasteiger partial charge >= 0.3 is 5.97 Å². The smallest absolute Gasteiger partial charge is 0.307 e. The first-order valence-corrected chi connectivity index (χ1v) is 4.78. The summed E-state index contributed by atoms with van der Waals surface area (Å²) >= 11 is 0. The van der Waals surface area contributed by atoms with E-state index in [1.54, 1.807) is 7.05 Å². The molecule has 0 aliphatic heterocycles. The van der Waals surface area contributed by atoms with Crippen molar-refractivity contribution in [2.45, 2.75) is 6.42 Å². The number of nitrogens with one attached hydrogen (secondary N) is 1. The molecule has 0 aromatic carbocycles. The minimum absolute atomic E-state index is 0.0554. The lowest BCUT2D eigenvalue weighted by atomic mass is 9.82. The highest BCUT2D eigenvalue weighted by Gasteiger charge is 2.51. The monoisotopic (exact) mass is 195 g/mol. The van der Waals surface area contributed by atoms with Gasteiger partial charge in [0.1, 0.15) is 0 Å². The molecule has 0 aromatic rings. The summed E-state index contributed by atoms with van der Waals surface area (Å²) in [7, 11) is 1.55. The van der Waals surface area contributed by atoms with Gasteiger partial charge in [-0.05, 0) is 18.3 Å². The van der Waals surface area contributed by atoms with Crippen molar-refractivity contribution in [1.29, 1.82) is 0 Å². The topological polar surface area (TPSA) is 66.4 Å². The zero-order valence-electron chi connectivity index (χ0n) is 7.93. The maximum atomic E-state index is 11.5. The van der Waals surface area contributed by atoms with Gasteiger partial charge in [-0.25, -0.2) is 0 Å². The number of aliphatic carboxylic acids is 1. The van der Waals surface area contributed by atoms with E-state index >= 15 is 0 Å². The SMILES string of the molecule is CNC(=O)[C@H]1[C@H](C(=O)O)[C@H]2C=C[C@H]1C2. The van der Waals surface area contributed by atoms with Crippen LogP contribution in [0.3, 0.4) is 0 Å². The molecule has 0 heterocycles. The van der Waals surface area contributed by atoms with E-state index < -0.39 is 11.9 Å². The highest BCUT2D eigenvalue weighted by atomic mass is 16.4. The molecule has 0 spiro atoms. The van der Waals surface area contributed by atoms with Crippen molar-refractivity contribution in [2.75, 3.05) is 7.05 Å². The molecule has 4 nitrogen and oxygen atoms in total. The summed E-state index contributed by atoms with van der Waals surface area (Å²) in [6, 6.07) is 0. The summed E-state index contributed by atoms with van der Waals surface area (Å²) in [6.07, 6.45) is 4.72. The normalized spacial score (nSPS) is 38.6. The molecule has 14 heavy (non-hydrogen) atoms. The van der Waals surface area contributed by atoms with Gasteiger partial charge in [-0.2, -0.15) is 0 Å². The minimum atomic E-state index is -0.851. The molecule has 2 aliphatic rings. The van der Waals surface area contributed by atoms with Crippen LogP contribution in [0.4, 0.5) is 0 Å². The summed E-state index contributed by atoms with van der Waals surface area (Å²) in [5, 5.41) is 11.6. The van der Waals surface area contributed by atoms with Crippen LogP contribution in [0.15, 0.2) is 12.2 Å². The van der Waals surface area contributed by atoms with Crippen molar-refractivity contribution in [2.24, 2.45) is 23.7 Å². The van der Waals surface area contributed by atoms with Crippen molar-refractivity contribution >= 4 is 11.9 Å². The minimum Gasteiger partial charge on any atom is -0.481 e. The summed E-state index contributed by atoms with van der Waals surface area (Å²) in [5.74, 6) is -1.71. The largest absolute Gasteiger partial charge is 0.481 e. The average Bonchev–Trinajstić information content (AvgIpc) is 2.74. The third kappa shape index (κ3) is 1.14. The molecule has 0 saturated heterocycles. The summed E-state index contributed by atoms with van der Waals surface area (Å²) in [4.78, 5) is 22.5. The lowest BCUT2D eigenvalue weighted by Crippen LogP contribution is -2.38. The average molecular weight is 195 g/mol. The second kappa shape index (κ2) is 3.12. The number of hydrogen-bond donors (Lipinski definition) is 2. The van der Waals surface area contributed by atoms with Gasteiger partial charge in [0.25, 0.3) is 0 Å². The molecule has 2 aliphatic carbocycles. The van der Waals surface area contributed by atoms with E-state index in [2.05, 4.69) is 5.32 Å². The van der Waals surface area contributed by atoms with Gasteiger partial charge in [0.15, 0.2) is 0 Å². The zero-order valence-corrected chi connectivity index (χ0v) is 7.93. The molecule has 2 N–H and O–H groups in total. The summed E-state index contributed by atoms with van der Waals surface area (Å²) in [5.41, 5.74) is 0. The van der Waals surface area contributed by atoms with Gasteiger partial charge in [0, 0.05) is 7.05 Å². The Morgan fingerprint density at radius 2 is 1.86 bits per heavy atom. The lowest BCUT2D eigenvalue weighted by Gasteiger charge is -2.22. The van der Waals surface area contributed by atoms with E-state index in [-0.39, 0.29) is 23.7 Å². The second-order valence-corrected chi connectivity index (χ2v) is 3.95. The quantitative estimate of drug-likeness (QED) is 0.621. The first-order chi connectivity index (χ1) is 6.65. The van der Waals surface area contributed by atoms with Gasteiger partial charge in [-0.15, -0.1) is 0 Å². The second-order valence-electron chi connectivity index (χ2n) is 3.95. The highest BCUT2D eigenvalue weighted by molar-refractivity contribution is 5.86. The van der Waals surface area contributed by atoms with Crippen molar-refractivity contribution < 1.29 is 14.7 Å². The third-order valence-electron chi connectivity index (χ3n) is 3.29. The van der Waals surface area contributed by atoms with Crippen LogP contribution in [-0.4, -0.2) is 24.0 Å². The Bertz CT molecular complexity index is 310. The molecule has 1 saturated carbocycles. The molecule has 1 amide bonds. The Kier molecular flexibility index (Phi) is 2.06. The number of carboxylic acids is 1. The number of fused-ring (bicyclic) bond motifs is 2. The van der Waals surface area contributed by atoms with E-state index in [0.717, 1.165) is 6.42 Å². The number of carboxylic acid groups (broad SMARTS) is 1. The van der Waals surface area contributed by atoms with E-state index in [1.165, 1.54) is 0 Å². The van der Waals surface area contributed by atoms with E-state index in [4.69, 9.17) is 5.11 Å². The van der Waals surface area contributed by atoms with E-state index in [1.807, 2.05) is 12.2 Å². The summed E-state index contributed by atoms with van der Waals surface area (Å²) in [6.45, 7) is 0. The fourth-order valence-corrected chi connectivity index (χ4v) is 2.68. The van der Waals surface area contributed by atoms with Crippen LogP contribution in [-0.2, 0) is 9.59 Å². The standard InChI is InChI=1S/C10H13NO3/c1-11-9(12)7-5-2-3-6(4-5)8(7)10(13)14/h2-3,5-8H,4H2,1H3,(H,11,12)(H,13,14)/t5-,6-,7+,8+/m0/s1. The molecule has 0 unspecified atom stereocenters. The van der Waals surface area contributed by atoms with Crippen LogP contribution in [0.2, 0.25) is 0 Å². The number of rotatable bonds is 2. The molecular weight excluding hydrogens is 182 g/mol. The molecule has 2 bridgehead atoms. The molecule has 0 aromatic heterocycles. The molecule has 0 radical (unpaired) electrons. The lowest BCUT2D eigenvalue weighted by molar-refractivity contribution is -0.147. The maximum Gasteiger partial charge on any atom is 0.307 e. The fourth-order valence-electron chi connectivity index (χ4n) is 2.68. The first-order valence-electron chi connectivity index (χ1n) is 4.78. The van der Waals surface area contributed by atoms with Gasteiger partial charge < -0.3 is 10.4 Å². The van der Waals surface area contributed by atoms with Crippen LogP contribution < -0.4 is 5.32 Å². The number of carbonyl (C=O) groups excluding carboxylic acids is 1. The highest BCUT2D eigenvalue weighted by Crippen LogP contribution is 2.48. The fraction of sp³-hybridized carbons (Fsp3) is 0.600. The number of allylic oxidation sites excluding steroid dienone is 2. The van der Waals surface area contributed by atoms with Crippen LogP contribution in [0.5, 0.6) is 0 Å². The van der Waals surface area contributed by atoms with Crippen LogP contribution >= 0.6 is 0 Å². The molecule has 4 heteroatoms. The first kappa shape index (κ1) is 9.24. The number of amides is 1. The molecule has 2 rings (SSSR count). The molecule has 4 atom stereocenters. The Balaban J connectivity index is 2.26. The van der Waals surface area contributed by atoms with Gasteiger partial charge in [-0.3, -0.25) is 9.59 Å². The number of carbonyl (C=O) groups is 2. The zero-order chi connectivity index (χ0) is 10.3. The van der Waals surface area contributed by atoms with Crippen molar-refractivity contribution in [1.82, 2.24) is 5.32 Å². The van der Waals surface area contributed by atoms with Crippen LogP contribution in [0, 0.1) is 23.7 Å². The van der Waals surface area contributed by atoms with Crippen molar-refractivity contribution in [3.8, 4) is 0 Å². The van der Waals surface area contributed by atoms with Gasteiger partial charge in [0.2, 0.25) is 5.91 Å². The predicted octanol–water partition coefficient (Wildman–Crippen LogP) is 0.255. The maximum absolute atomic E-state index is 11.5. The predicted molar refractivity (Wildman–Crippen MR) is 49.4 cm³/mol. The number of hydrogen-bond acceptors (Lipinski definition) is 2. The van der Waals surface area contributed by atoms with Crippen molar-refractivity contribution in [3.05, 3.63) is 12.2 Å². The Morgan fingerprint density at radius 1 is 1.29 bits per heavy atom. The molecule has 76 valence electrons. The summed E-state index contributed by atoms with van der Waals surface area (Å²) < 4.78 is 0. The van der Waals surface area contributed by atoms with E-state index in [0.29, 0.717) is 0 Å². The van der Waals surface area contributed by atoms with Crippen LogP contribution in [0.25, 0.3) is 0 Å². The van der Waals surface area contributed by atoms with Gasteiger partial charge in [-0.1, -0.05) is 12.2 Å². The van der Waals surface area contributed by atoms with Crippen molar-refractivity contribution in [3.63, 3.8) is 0 Å². The molecule has 1 fully saturated rings. The Hall–Kier alpha value is -1.32. The Morgan fingerprint density at radius 3 is 2.36 bits per heavy atom. The van der Waals surface area contributed by atoms with Gasteiger partial charge in [0.05, 0.1) is 11.8 Å². The molecular formula is C10H13NO3. The van der Waals surface area contributed by atoms with E-state index in [9.17, 15) is 9.59 Å². The Labute approximate surface area is 82.0 Å². The van der Waals surface area contributed by atoms with Crippen LogP contribution in [0.1, 0.15) is 6.42 Å².